The molecule has 1 unspecified atom stereocenters. The molecule has 0 aromatic heterocycles. The minimum absolute atomic E-state index is 0.518. The van der Waals surface area contributed by atoms with Crippen LogP contribution >= 0.6 is 10.0 Å². The highest BCUT2D eigenvalue weighted by molar-refractivity contribution is 8.35. The topological polar surface area (TPSA) is 0 Å². The van der Waals surface area contributed by atoms with Crippen LogP contribution in [-0.4, -0.2) is 18.3 Å². The van der Waals surface area contributed by atoms with Gasteiger partial charge in [-0.3, -0.25) is 0 Å². The van der Waals surface area contributed by atoms with Gasteiger partial charge in [-0.1, -0.05) is 40.2 Å². The van der Waals surface area contributed by atoms with Crippen molar-refractivity contribution in [1.82, 2.24) is 0 Å². The van der Waals surface area contributed by atoms with Gasteiger partial charge in [0.25, 0.3) is 0 Å². The van der Waals surface area contributed by atoms with Gasteiger partial charge in [-0.2, -0.15) is 0 Å². The Morgan fingerprint density at radius 1 is 1.20 bits per heavy atom. The van der Waals surface area contributed by atoms with Gasteiger partial charge in [0.1, 0.15) is 0 Å². The van der Waals surface area contributed by atoms with Crippen LogP contribution in [-0.2, 0) is 0 Å². The van der Waals surface area contributed by atoms with E-state index in [0.717, 1.165) is 11.8 Å². The van der Waals surface area contributed by atoms with Gasteiger partial charge < -0.3 is 0 Å². The van der Waals surface area contributed by atoms with Crippen molar-refractivity contribution in [2.45, 2.75) is 47.5 Å². The summed E-state index contributed by atoms with van der Waals surface area (Å²) in [4.78, 5) is 1.72. The van der Waals surface area contributed by atoms with E-state index in [0.29, 0.717) is 0 Å². The van der Waals surface area contributed by atoms with Crippen molar-refractivity contribution in [2.24, 2.45) is 11.8 Å². The molecule has 0 aliphatic carbocycles. The van der Waals surface area contributed by atoms with Crippen LogP contribution in [0.3, 0.4) is 0 Å². The van der Waals surface area contributed by atoms with Crippen LogP contribution < -0.4 is 0 Å². The highest BCUT2D eigenvalue weighted by atomic mass is 32.3. The molecule has 0 radical (unpaired) electrons. The molecule has 0 aliphatic heterocycles. The van der Waals surface area contributed by atoms with Crippen LogP contribution in [0.1, 0.15) is 47.5 Å². The molecular formula is C14H30S. The Labute approximate surface area is 98.9 Å². The van der Waals surface area contributed by atoms with Crippen LogP contribution in [0.5, 0.6) is 0 Å². The third-order valence-electron chi connectivity index (χ3n) is 3.35. The average Bonchev–Trinajstić information content (AvgIpc) is 2.12. The largest absolute Gasteiger partial charge is 0.224 e. The van der Waals surface area contributed by atoms with Gasteiger partial charge in [-0.05, 0) is 48.3 Å². The molecule has 0 aromatic rings. The third kappa shape index (κ3) is 5.10. The van der Waals surface area contributed by atoms with Crippen molar-refractivity contribution >= 4 is 10.0 Å². The van der Waals surface area contributed by atoms with E-state index in [-0.39, 0.29) is 0 Å². The standard InChI is InChI=1S/C14H30S/c1-8-10-14(9-2)15(6,7)11-13(5)12(3)4/h9,12-13H,8,10-11H2,1-7H3/b14-9+. The summed E-state index contributed by atoms with van der Waals surface area (Å²) in [6.45, 7) is 11.6. The third-order valence-corrected chi connectivity index (χ3v) is 6.56. The summed E-state index contributed by atoms with van der Waals surface area (Å²) in [6.07, 6.45) is 9.91. The lowest BCUT2D eigenvalue weighted by molar-refractivity contribution is 0.463. The Hall–Kier alpha value is 0.0900. The van der Waals surface area contributed by atoms with Gasteiger partial charge in [-0.15, -0.1) is 0 Å². The fourth-order valence-electron chi connectivity index (χ4n) is 1.94. The van der Waals surface area contributed by atoms with Crippen molar-refractivity contribution in [3.8, 4) is 0 Å². The van der Waals surface area contributed by atoms with E-state index in [9.17, 15) is 0 Å². The molecule has 1 heteroatoms. The van der Waals surface area contributed by atoms with E-state index >= 15 is 0 Å². The van der Waals surface area contributed by atoms with Gasteiger partial charge in [0.2, 0.25) is 0 Å². The van der Waals surface area contributed by atoms with E-state index < -0.39 is 10.0 Å². The fraction of sp³-hybridized carbons (Fsp3) is 0.857. The zero-order chi connectivity index (χ0) is 12.1. The maximum Gasteiger partial charge on any atom is -0.0168 e. The summed E-state index contributed by atoms with van der Waals surface area (Å²) in [5.41, 5.74) is 0. The molecule has 92 valence electrons. The number of hydrogen-bond donors (Lipinski definition) is 0. The second-order valence-corrected chi connectivity index (χ2v) is 9.37. The molecule has 0 bridgehead atoms. The molecule has 0 nitrogen and oxygen atoms in total. The first kappa shape index (κ1) is 15.1. The van der Waals surface area contributed by atoms with E-state index in [1.54, 1.807) is 4.91 Å². The van der Waals surface area contributed by atoms with Crippen LogP contribution in [0.2, 0.25) is 0 Å². The maximum atomic E-state index is 2.48. The van der Waals surface area contributed by atoms with Gasteiger partial charge in [0.05, 0.1) is 0 Å². The molecule has 0 N–H and O–H groups in total. The Morgan fingerprint density at radius 2 is 1.73 bits per heavy atom. The Bertz CT molecular complexity index is 201. The van der Waals surface area contributed by atoms with Crippen molar-refractivity contribution in [2.75, 3.05) is 18.3 Å². The molecule has 1 atom stereocenters. The SMILES string of the molecule is C/C=C(\CCC)S(C)(C)CC(C)C(C)C. The summed E-state index contributed by atoms with van der Waals surface area (Å²) in [5, 5.41) is 0. The van der Waals surface area contributed by atoms with Gasteiger partial charge in [0, 0.05) is 0 Å². The number of hydrogen-bond acceptors (Lipinski definition) is 0. The van der Waals surface area contributed by atoms with Crippen molar-refractivity contribution in [3.05, 3.63) is 11.0 Å². The Morgan fingerprint density at radius 3 is 2.07 bits per heavy atom. The molecular weight excluding hydrogens is 200 g/mol. The van der Waals surface area contributed by atoms with Crippen molar-refractivity contribution < 1.29 is 0 Å². The molecule has 0 heterocycles. The smallest absolute Gasteiger partial charge is 0.0168 e. The number of rotatable bonds is 6. The first-order valence-electron chi connectivity index (χ1n) is 6.21. The van der Waals surface area contributed by atoms with Gasteiger partial charge in [0.15, 0.2) is 0 Å². The van der Waals surface area contributed by atoms with E-state index in [4.69, 9.17) is 0 Å². The Kier molecular flexibility index (Phi) is 6.66. The average molecular weight is 230 g/mol. The molecule has 0 fully saturated rings. The molecule has 0 aliphatic rings. The second kappa shape index (κ2) is 6.62. The van der Waals surface area contributed by atoms with Crippen molar-refractivity contribution in [3.63, 3.8) is 0 Å². The van der Waals surface area contributed by atoms with Crippen LogP contribution in [0.4, 0.5) is 0 Å². The quantitative estimate of drug-likeness (QED) is 0.599. The molecule has 0 amide bonds. The zero-order valence-electron chi connectivity index (χ0n) is 11.8. The molecule has 0 rings (SSSR count). The Balaban J connectivity index is 4.51. The molecule has 15 heavy (non-hydrogen) atoms. The van der Waals surface area contributed by atoms with Gasteiger partial charge in [-0.25, -0.2) is 10.0 Å². The second-order valence-electron chi connectivity index (χ2n) is 5.43. The first-order valence-corrected chi connectivity index (χ1v) is 8.83. The lowest BCUT2D eigenvalue weighted by atomic mass is 10.0. The molecule has 0 saturated heterocycles. The normalized spacial score (nSPS) is 16.9. The minimum Gasteiger partial charge on any atom is -0.224 e. The summed E-state index contributed by atoms with van der Waals surface area (Å²) in [7, 11) is -0.518. The van der Waals surface area contributed by atoms with Crippen molar-refractivity contribution in [1.29, 1.82) is 0 Å². The summed E-state index contributed by atoms with van der Waals surface area (Å²) < 4.78 is 0. The monoisotopic (exact) mass is 230 g/mol. The first-order chi connectivity index (χ1) is 6.85. The summed E-state index contributed by atoms with van der Waals surface area (Å²) in [6, 6.07) is 0. The molecule has 0 aromatic carbocycles. The van der Waals surface area contributed by atoms with Crippen LogP contribution in [0.25, 0.3) is 0 Å². The lowest BCUT2D eigenvalue weighted by Crippen LogP contribution is -2.16. The predicted molar refractivity (Wildman–Crippen MR) is 77.0 cm³/mol. The zero-order valence-corrected chi connectivity index (χ0v) is 12.6. The predicted octanol–water partition coefficient (Wildman–Crippen LogP) is 5.05. The van der Waals surface area contributed by atoms with Crippen LogP contribution in [0.15, 0.2) is 11.0 Å². The highest BCUT2D eigenvalue weighted by Gasteiger charge is 2.21. The summed E-state index contributed by atoms with van der Waals surface area (Å²) in [5.74, 6) is 3.06. The van der Waals surface area contributed by atoms with Crippen LogP contribution in [0, 0.1) is 11.8 Å². The fourth-order valence-corrected chi connectivity index (χ4v) is 5.25. The highest BCUT2D eigenvalue weighted by Crippen LogP contribution is 2.52. The number of allylic oxidation sites excluding steroid dienone is 2. The van der Waals surface area contributed by atoms with E-state index in [1.807, 2.05) is 0 Å². The molecule has 0 saturated carbocycles. The van der Waals surface area contributed by atoms with E-state index in [1.165, 1.54) is 18.6 Å². The molecule has 0 spiro atoms. The maximum absolute atomic E-state index is 2.48. The van der Waals surface area contributed by atoms with E-state index in [2.05, 4.69) is 53.2 Å². The minimum atomic E-state index is -0.518. The van der Waals surface area contributed by atoms with Gasteiger partial charge >= 0.3 is 0 Å². The lowest BCUT2D eigenvalue weighted by Gasteiger charge is -2.38. The summed E-state index contributed by atoms with van der Waals surface area (Å²) >= 11 is 0.